The molecule has 0 aliphatic carbocycles. The fourth-order valence-electron chi connectivity index (χ4n) is 0.866. The first-order valence-electron chi connectivity index (χ1n) is 3.61. The molecular weight excluding hydrogens is 164 g/mol. The van der Waals surface area contributed by atoms with Crippen LogP contribution >= 0.6 is 0 Å². The molecule has 0 unspecified atom stereocenters. The van der Waals surface area contributed by atoms with E-state index in [1.54, 1.807) is 31.4 Å². The summed E-state index contributed by atoms with van der Waals surface area (Å²) in [6.45, 7) is 0. The predicted molar refractivity (Wildman–Crippen MR) is 49.9 cm³/mol. The number of hydrogen-bond acceptors (Lipinski definition) is 3. The van der Waals surface area contributed by atoms with Gasteiger partial charge in [-0.15, -0.1) is 0 Å². The van der Waals surface area contributed by atoms with Crippen LogP contribution in [0.15, 0.2) is 18.2 Å². The lowest BCUT2D eigenvalue weighted by Crippen LogP contribution is -1.91. The number of nitrogens with zero attached hydrogens (tertiary/aromatic N) is 1. The van der Waals surface area contributed by atoms with Crippen molar-refractivity contribution in [2.45, 2.75) is 0 Å². The number of nitrogens with two attached hydrogens (primary N) is 1. The maximum atomic E-state index is 8.25. The smallest absolute Gasteiger partial charge is 0.152 e. The number of hydrogen-bond donors (Lipinski definition) is 1. The molecule has 0 saturated heterocycles. The van der Waals surface area contributed by atoms with Crippen molar-refractivity contribution in [3.63, 3.8) is 0 Å². The Morgan fingerprint density at radius 1 is 1.46 bits per heavy atom. The van der Waals surface area contributed by atoms with E-state index in [4.69, 9.17) is 15.7 Å². The monoisotopic (exact) mass is 172 g/mol. The van der Waals surface area contributed by atoms with E-state index in [1.165, 1.54) is 0 Å². The summed E-state index contributed by atoms with van der Waals surface area (Å²) < 4.78 is 4.98. The van der Waals surface area contributed by atoms with Gasteiger partial charge in [-0.25, -0.2) is 0 Å². The largest absolute Gasteiger partial charge is 0.497 e. The highest BCUT2D eigenvalue weighted by Gasteiger charge is 1.97. The van der Waals surface area contributed by atoms with Crippen LogP contribution in [0.25, 0.3) is 0 Å². The van der Waals surface area contributed by atoms with Crippen LogP contribution in [0.3, 0.4) is 0 Å². The second-order valence-corrected chi connectivity index (χ2v) is 2.31. The second-order valence-electron chi connectivity index (χ2n) is 2.31. The van der Waals surface area contributed by atoms with Gasteiger partial charge in [-0.05, 0) is 24.1 Å². The van der Waals surface area contributed by atoms with Gasteiger partial charge in [-0.1, -0.05) is 0 Å². The molecule has 0 saturated carbocycles. The van der Waals surface area contributed by atoms with Crippen molar-refractivity contribution < 1.29 is 4.74 Å². The molecule has 0 aliphatic rings. The lowest BCUT2D eigenvalue weighted by atomic mass is 10.2. The van der Waals surface area contributed by atoms with Gasteiger partial charge in [0.05, 0.1) is 12.7 Å². The van der Waals surface area contributed by atoms with Crippen molar-refractivity contribution >= 4 is 5.69 Å². The van der Waals surface area contributed by atoms with Crippen LogP contribution in [0, 0.1) is 23.2 Å². The molecule has 0 aromatic heterocycles. The molecule has 0 amide bonds. The fourth-order valence-corrected chi connectivity index (χ4v) is 0.866. The van der Waals surface area contributed by atoms with Gasteiger partial charge in [0, 0.05) is 11.6 Å². The summed E-state index contributed by atoms with van der Waals surface area (Å²) in [5, 5.41) is 8.25. The molecule has 0 fully saturated rings. The molecule has 1 aromatic carbocycles. The number of nitriles is 1. The van der Waals surface area contributed by atoms with E-state index in [0.29, 0.717) is 17.0 Å². The molecule has 2 N–H and O–H groups in total. The quantitative estimate of drug-likeness (QED) is 0.510. The highest BCUT2D eigenvalue weighted by Crippen LogP contribution is 2.17. The molecule has 0 bridgehead atoms. The SMILES string of the molecule is COc1ccc(N)c(C#CC#N)c1. The van der Waals surface area contributed by atoms with Gasteiger partial charge in [0.25, 0.3) is 0 Å². The van der Waals surface area contributed by atoms with E-state index < -0.39 is 0 Å². The summed E-state index contributed by atoms with van der Waals surface area (Å²) in [6.07, 6.45) is 0. The highest BCUT2D eigenvalue weighted by atomic mass is 16.5. The van der Waals surface area contributed by atoms with Crippen LogP contribution < -0.4 is 10.5 Å². The molecule has 1 aromatic rings. The van der Waals surface area contributed by atoms with E-state index in [0.717, 1.165) is 0 Å². The Morgan fingerprint density at radius 2 is 2.23 bits per heavy atom. The van der Waals surface area contributed by atoms with Crippen molar-refractivity contribution in [1.82, 2.24) is 0 Å². The predicted octanol–water partition coefficient (Wildman–Crippen LogP) is 1.15. The average molecular weight is 172 g/mol. The maximum absolute atomic E-state index is 8.25. The van der Waals surface area contributed by atoms with E-state index in [2.05, 4.69) is 11.8 Å². The number of methoxy groups -OCH3 is 1. The van der Waals surface area contributed by atoms with Gasteiger partial charge in [-0.2, -0.15) is 5.26 Å². The topological polar surface area (TPSA) is 59.0 Å². The van der Waals surface area contributed by atoms with Gasteiger partial charge in [0.15, 0.2) is 6.07 Å². The van der Waals surface area contributed by atoms with Crippen molar-refractivity contribution in [3.8, 4) is 23.7 Å². The lowest BCUT2D eigenvalue weighted by Gasteiger charge is -2.01. The Hall–Kier alpha value is -2.13. The Bertz CT molecular complexity index is 407. The molecule has 3 heteroatoms. The molecule has 0 aliphatic heterocycles. The minimum atomic E-state index is 0.545. The first-order chi connectivity index (χ1) is 6.27. The molecule has 64 valence electrons. The van der Waals surface area contributed by atoms with Gasteiger partial charge >= 0.3 is 0 Å². The third-order valence-corrected chi connectivity index (χ3v) is 1.51. The molecule has 0 spiro atoms. The maximum Gasteiger partial charge on any atom is 0.152 e. The molecule has 1 rings (SSSR count). The Morgan fingerprint density at radius 3 is 2.85 bits per heavy atom. The van der Waals surface area contributed by atoms with Crippen LogP contribution in [0.5, 0.6) is 5.75 Å². The minimum absolute atomic E-state index is 0.545. The number of rotatable bonds is 1. The van der Waals surface area contributed by atoms with Gasteiger partial charge in [-0.3, -0.25) is 0 Å². The van der Waals surface area contributed by atoms with Crippen molar-refractivity contribution in [1.29, 1.82) is 5.26 Å². The Labute approximate surface area is 76.7 Å². The highest BCUT2D eigenvalue weighted by molar-refractivity contribution is 5.59. The zero-order valence-corrected chi connectivity index (χ0v) is 7.16. The first-order valence-corrected chi connectivity index (χ1v) is 3.61. The minimum Gasteiger partial charge on any atom is -0.497 e. The summed E-state index contributed by atoms with van der Waals surface area (Å²) in [4.78, 5) is 0. The third-order valence-electron chi connectivity index (χ3n) is 1.51. The van der Waals surface area contributed by atoms with Gasteiger partial charge in [0.1, 0.15) is 5.75 Å². The van der Waals surface area contributed by atoms with Crippen LogP contribution in [0.2, 0.25) is 0 Å². The van der Waals surface area contributed by atoms with E-state index >= 15 is 0 Å². The summed E-state index contributed by atoms with van der Waals surface area (Å²) >= 11 is 0. The summed E-state index contributed by atoms with van der Waals surface area (Å²) in [5.74, 6) is 5.58. The molecule has 3 nitrogen and oxygen atoms in total. The number of nitrogen functional groups attached to an aromatic ring is 1. The molecule has 0 heterocycles. The van der Waals surface area contributed by atoms with Crippen LogP contribution in [0.4, 0.5) is 5.69 Å². The van der Waals surface area contributed by atoms with E-state index in [9.17, 15) is 0 Å². The fraction of sp³-hybridized carbons (Fsp3) is 0.100. The second kappa shape index (κ2) is 4.04. The van der Waals surface area contributed by atoms with Crippen molar-refractivity contribution in [2.24, 2.45) is 0 Å². The molecule has 0 atom stereocenters. The first kappa shape index (κ1) is 8.96. The molecule has 0 radical (unpaired) electrons. The van der Waals surface area contributed by atoms with Crippen LogP contribution in [0.1, 0.15) is 5.56 Å². The lowest BCUT2D eigenvalue weighted by molar-refractivity contribution is 0.415. The number of benzene rings is 1. The number of ether oxygens (including phenoxy) is 1. The standard InChI is InChI=1S/C10H8N2O/c1-13-9-4-5-10(12)8(7-9)3-2-6-11/h4-5,7H,12H2,1H3. The molecule has 13 heavy (non-hydrogen) atoms. The van der Waals surface area contributed by atoms with Gasteiger partial charge in [0.2, 0.25) is 0 Å². The van der Waals surface area contributed by atoms with Crippen molar-refractivity contribution in [2.75, 3.05) is 12.8 Å². The average Bonchev–Trinajstić information content (AvgIpc) is 2.17. The van der Waals surface area contributed by atoms with Crippen molar-refractivity contribution in [3.05, 3.63) is 23.8 Å². The van der Waals surface area contributed by atoms with E-state index in [1.807, 2.05) is 0 Å². The van der Waals surface area contributed by atoms with Crippen LogP contribution in [-0.2, 0) is 0 Å². The van der Waals surface area contributed by atoms with Gasteiger partial charge < -0.3 is 10.5 Å². The zero-order valence-electron chi connectivity index (χ0n) is 7.16. The summed E-state index contributed by atoms with van der Waals surface area (Å²) in [5.41, 5.74) is 6.77. The third kappa shape index (κ3) is 2.15. The summed E-state index contributed by atoms with van der Waals surface area (Å²) in [6, 6.07) is 6.86. The zero-order chi connectivity index (χ0) is 9.68. The Balaban J connectivity index is 3.13. The van der Waals surface area contributed by atoms with Crippen LogP contribution in [-0.4, -0.2) is 7.11 Å². The van der Waals surface area contributed by atoms with E-state index in [-0.39, 0.29) is 0 Å². The summed E-state index contributed by atoms with van der Waals surface area (Å²) in [7, 11) is 1.56. The normalized spacial score (nSPS) is 8.00. The number of anilines is 1. The Kier molecular flexibility index (Phi) is 2.78. The molecular formula is C10H8N2O.